The molecule has 2 aromatic rings. The number of rotatable bonds is 7. The lowest BCUT2D eigenvalue weighted by Gasteiger charge is -2.16. The Morgan fingerprint density at radius 1 is 1.38 bits per heavy atom. The quantitative estimate of drug-likeness (QED) is 0.848. The number of aromatic nitrogens is 2. The second-order valence-electron chi connectivity index (χ2n) is 5.15. The second-order valence-corrected chi connectivity index (χ2v) is 5.15. The van der Waals surface area contributed by atoms with Gasteiger partial charge in [0.2, 0.25) is 0 Å². The third kappa shape index (κ3) is 3.98. The van der Waals surface area contributed by atoms with Gasteiger partial charge in [-0.1, -0.05) is 12.1 Å². The number of imidazole rings is 1. The third-order valence-electron chi connectivity index (χ3n) is 3.32. The molecule has 0 saturated carbocycles. The van der Waals surface area contributed by atoms with Gasteiger partial charge >= 0.3 is 0 Å². The first kappa shape index (κ1) is 15.4. The van der Waals surface area contributed by atoms with Crippen LogP contribution in [0.25, 0.3) is 0 Å². The molecule has 2 N–H and O–H groups in total. The Labute approximate surface area is 125 Å². The number of hydrogen-bond acceptors (Lipinski definition) is 4. The molecule has 1 heterocycles. The lowest BCUT2D eigenvalue weighted by atomic mass is 10.1. The lowest BCUT2D eigenvalue weighted by molar-refractivity contribution is 0.275. The number of hydrogen-bond donors (Lipinski definition) is 1. The summed E-state index contributed by atoms with van der Waals surface area (Å²) in [6.07, 6.45) is 4.50. The molecule has 2 rings (SSSR count). The van der Waals surface area contributed by atoms with Crippen molar-refractivity contribution in [3.8, 4) is 11.5 Å². The molecule has 0 aliphatic rings. The lowest BCUT2D eigenvalue weighted by Crippen LogP contribution is -2.19. The summed E-state index contributed by atoms with van der Waals surface area (Å²) in [6, 6.07) is 5.98. The van der Waals surface area contributed by atoms with Crippen LogP contribution in [-0.4, -0.2) is 29.3 Å². The Morgan fingerprint density at radius 2 is 2.19 bits per heavy atom. The van der Waals surface area contributed by atoms with E-state index in [1.54, 1.807) is 13.3 Å². The van der Waals surface area contributed by atoms with E-state index in [2.05, 4.69) is 9.55 Å². The van der Waals surface area contributed by atoms with Crippen molar-refractivity contribution >= 4 is 0 Å². The number of ether oxygens (including phenoxy) is 2. The zero-order chi connectivity index (χ0) is 15.2. The number of nitrogens with zero attached hydrogens (tertiary/aromatic N) is 2. The standard InChI is InChI=1S/C16H23N3O2/c1-12(17)11-14-5-4-6-15(20-3)16(14)21-10-9-19-8-7-18-13(19)2/h4-8,12H,9-11,17H2,1-3H3. The second kappa shape index (κ2) is 7.13. The van der Waals surface area contributed by atoms with Crippen LogP contribution in [0, 0.1) is 6.92 Å². The Hall–Kier alpha value is -2.01. The van der Waals surface area contributed by atoms with Crippen molar-refractivity contribution in [1.29, 1.82) is 0 Å². The van der Waals surface area contributed by atoms with Gasteiger partial charge in [0.1, 0.15) is 12.4 Å². The molecule has 0 aliphatic heterocycles. The fourth-order valence-electron chi connectivity index (χ4n) is 2.28. The number of aryl methyl sites for hydroxylation is 1. The van der Waals surface area contributed by atoms with Gasteiger partial charge in [-0.25, -0.2) is 4.98 Å². The highest BCUT2D eigenvalue weighted by atomic mass is 16.5. The molecule has 0 spiro atoms. The predicted octanol–water partition coefficient (Wildman–Crippen LogP) is 2.17. The van der Waals surface area contributed by atoms with Crippen LogP contribution in [-0.2, 0) is 13.0 Å². The van der Waals surface area contributed by atoms with E-state index in [9.17, 15) is 0 Å². The van der Waals surface area contributed by atoms with E-state index in [4.69, 9.17) is 15.2 Å². The summed E-state index contributed by atoms with van der Waals surface area (Å²) in [5, 5.41) is 0. The molecule has 1 atom stereocenters. The maximum absolute atomic E-state index is 5.96. The molecule has 114 valence electrons. The van der Waals surface area contributed by atoms with Crippen LogP contribution in [0.5, 0.6) is 11.5 Å². The van der Waals surface area contributed by atoms with Crippen LogP contribution >= 0.6 is 0 Å². The smallest absolute Gasteiger partial charge is 0.164 e. The molecule has 0 aliphatic carbocycles. The topological polar surface area (TPSA) is 62.3 Å². The fraction of sp³-hybridized carbons (Fsp3) is 0.438. The molecule has 5 nitrogen and oxygen atoms in total. The summed E-state index contributed by atoms with van der Waals surface area (Å²) >= 11 is 0. The first-order valence-electron chi connectivity index (χ1n) is 7.13. The van der Waals surface area contributed by atoms with E-state index >= 15 is 0 Å². The van der Waals surface area contributed by atoms with Gasteiger partial charge in [0, 0.05) is 18.4 Å². The summed E-state index contributed by atoms with van der Waals surface area (Å²) in [4.78, 5) is 4.20. The van der Waals surface area contributed by atoms with Gasteiger partial charge in [-0.05, 0) is 31.9 Å². The van der Waals surface area contributed by atoms with Gasteiger partial charge in [-0.15, -0.1) is 0 Å². The number of benzene rings is 1. The van der Waals surface area contributed by atoms with Crippen LogP contribution < -0.4 is 15.2 Å². The Balaban J connectivity index is 2.08. The van der Waals surface area contributed by atoms with Gasteiger partial charge in [0.05, 0.1) is 13.7 Å². The van der Waals surface area contributed by atoms with Crippen LogP contribution in [0.3, 0.4) is 0 Å². The summed E-state index contributed by atoms with van der Waals surface area (Å²) in [5.41, 5.74) is 6.98. The molecule has 21 heavy (non-hydrogen) atoms. The average Bonchev–Trinajstić information content (AvgIpc) is 2.85. The third-order valence-corrected chi connectivity index (χ3v) is 3.32. The van der Waals surface area contributed by atoms with Crippen LogP contribution in [0.15, 0.2) is 30.6 Å². The summed E-state index contributed by atoms with van der Waals surface area (Å²) in [7, 11) is 1.65. The van der Waals surface area contributed by atoms with Gasteiger partial charge < -0.3 is 19.8 Å². The van der Waals surface area contributed by atoms with Crippen molar-refractivity contribution in [3.63, 3.8) is 0 Å². The van der Waals surface area contributed by atoms with E-state index in [1.165, 1.54) is 0 Å². The monoisotopic (exact) mass is 289 g/mol. The van der Waals surface area contributed by atoms with Gasteiger partial charge in [0.15, 0.2) is 11.5 Å². The normalized spacial score (nSPS) is 12.2. The molecule has 0 bridgehead atoms. The molecule has 0 fully saturated rings. The van der Waals surface area contributed by atoms with Crippen LogP contribution in [0.1, 0.15) is 18.3 Å². The van der Waals surface area contributed by atoms with Crippen molar-refractivity contribution in [2.24, 2.45) is 5.73 Å². The zero-order valence-corrected chi connectivity index (χ0v) is 12.9. The largest absolute Gasteiger partial charge is 0.493 e. The van der Waals surface area contributed by atoms with E-state index in [0.717, 1.165) is 35.9 Å². The van der Waals surface area contributed by atoms with Crippen LogP contribution in [0.4, 0.5) is 0 Å². The predicted molar refractivity (Wildman–Crippen MR) is 82.8 cm³/mol. The van der Waals surface area contributed by atoms with Gasteiger partial charge in [-0.2, -0.15) is 0 Å². The van der Waals surface area contributed by atoms with E-state index in [-0.39, 0.29) is 6.04 Å². The highest BCUT2D eigenvalue weighted by molar-refractivity contribution is 5.47. The van der Waals surface area contributed by atoms with E-state index < -0.39 is 0 Å². The Bertz CT molecular complexity index is 579. The van der Waals surface area contributed by atoms with Crippen molar-refractivity contribution in [3.05, 3.63) is 42.0 Å². The number of para-hydroxylation sites is 1. The molecule has 0 radical (unpaired) electrons. The first-order chi connectivity index (χ1) is 10.1. The molecule has 0 amide bonds. The first-order valence-corrected chi connectivity index (χ1v) is 7.13. The van der Waals surface area contributed by atoms with Crippen molar-refractivity contribution in [2.45, 2.75) is 32.9 Å². The molecule has 1 aromatic carbocycles. The minimum Gasteiger partial charge on any atom is -0.493 e. The molecule has 1 aromatic heterocycles. The summed E-state index contributed by atoms with van der Waals surface area (Å²) in [6.45, 7) is 5.27. The fourth-order valence-corrected chi connectivity index (χ4v) is 2.28. The average molecular weight is 289 g/mol. The zero-order valence-electron chi connectivity index (χ0n) is 12.9. The molecular weight excluding hydrogens is 266 g/mol. The maximum atomic E-state index is 5.96. The van der Waals surface area contributed by atoms with Crippen molar-refractivity contribution in [1.82, 2.24) is 9.55 Å². The van der Waals surface area contributed by atoms with Gasteiger partial charge in [-0.3, -0.25) is 0 Å². The van der Waals surface area contributed by atoms with Crippen molar-refractivity contribution in [2.75, 3.05) is 13.7 Å². The number of nitrogens with two attached hydrogens (primary N) is 1. The van der Waals surface area contributed by atoms with Gasteiger partial charge in [0.25, 0.3) is 0 Å². The SMILES string of the molecule is COc1cccc(CC(C)N)c1OCCn1ccnc1C. The molecule has 1 unspecified atom stereocenters. The maximum Gasteiger partial charge on any atom is 0.164 e. The Kier molecular flexibility index (Phi) is 5.22. The highest BCUT2D eigenvalue weighted by Gasteiger charge is 2.12. The van der Waals surface area contributed by atoms with E-state index in [1.807, 2.05) is 38.2 Å². The molecule has 0 saturated heterocycles. The minimum atomic E-state index is 0.0790. The summed E-state index contributed by atoms with van der Waals surface area (Å²) < 4.78 is 13.4. The van der Waals surface area contributed by atoms with E-state index in [0.29, 0.717) is 6.61 Å². The highest BCUT2D eigenvalue weighted by Crippen LogP contribution is 2.31. The molecular formula is C16H23N3O2. The van der Waals surface area contributed by atoms with Crippen molar-refractivity contribution < 1.29 is 9.47 Å². The Morgan fingerprint density at radius 3 is 2.81 bits per heavy atom. The summed E-state index contributed by atoms with van der Waals surface area (Å²) in [5.74, 6) is 2.51. The minimum absolute atomic E-state index is 0.0790. The van der Waals surface area contributed by atoms with Crippen LogP contribution in [0.2, 0.25) is 0 Å². The molecule has 5 heteroatoms. The number of methoxy groups -OCH3 is 1.